The highest BCUT2D eigenvalue weighted by Gasteiger charge is 2.37. The first-order chi connectivity index (χ1) is 9.06. The molecule has 0 bridgehead atoms. The van der Waals surface area contributed by atoms with Crippen LogP contribution >= 0.6 is 0 Å². The summed E-state index contributed by atoms with van der Waals surface area (Å²) in [4.78, 5) is 26.5. The number of benzene rings is 1. The van der Waals surface area contributed by atoms with Gasteiger partial charge in [0.15, 0.2) is 0 Å². The maximum Gasteiger partial charge on any atom is 0.249 e. The summed E-state index contributed by atoms with van der Waals surface area (Å²) in [5.74, 6) is -1.01. The minimum absolute atomic E-state index is 0.259. The maximum absolute atomic E-state index is 13.7. The van der Waals surface area contributed by atoms with Crippen molar-refractivity contribution in [1.29, 1.82) is 0 Å². The lowest BCUT2D eigenvalue weighted by atomic mass is 10.2. The van der Waals surface area contributed by atoms with Gasteiger partial charge in [-0.15, -0.1) is 0 Å². The minimum Gasteiger partial charge on any atom is -0.330 e. The number of likely N-dealkylation sites (N-methyl/N-ethyl adjacent to an activating group) is 1. The highest BCUT2D eigenvalue weighted by Crippen LogP contribution is 2.26. The molecule has 1 aromatic carbocycles. The highest BCUT2D eigenvalue weighted by atomic mass is 19.1. The fourth-order valence-electron chi connectivity index (χ4n) is 2.23. The van der Waals surface area contributed by atoms with E-state index in [2.05, 4.69) is 6.58 Å². The largest absolute Gasteiger partial charge is 0.330 e. The predicted molar refractivity (Wildman–Crippen MR) is 70.1 cm³/mol. The molecule has 19 heavy (non-hydrogen) atoms. The summed E-state index contributed by atoms with van der Waals surface area (Å²) < 4.78 is 13.7. The van der Waals surface area contributed by atoms with E-state index in [0.717, 1.165) is 0 Å². The summed E-state index contributed by atoms with van der Waals surface area (Å²) >= 11 is 0. The zero-order chi connectivity index (χ0) is 14.0. The molecule has 2 amide bonds. The van der Waals surface area contributed by atoms with Crippen LogP contribution in [0.3, 0.4) is 0 Å². The number of para-hydroxylation sites is 1. The van der Waals surface area contributed by atoms with Crippen LogP contribution in [-0.4, -0.2) is 36.3 Å². The van der Waals surface area contributed by atoms with E-state index >= 15 is 0 Å². The fourth-order valence-corrected chi connectivity index (χ4v) is 2.23. The van der Waals surface area contributed by atoms with Gasteiger partial charge in [-0.25, -0.2) is 4.39 Å². The van der Waals surface area contributed by atoms with Gasteiger partial charge in [0, 0.05) is 13.6 Å². The molecule has 1 saturated heterocycles. The van der Waals surface area contributed by atoms with E-state index < -0.39 is 11.9 Å². The van der Waals surface area contributed by atoms with Gasteiger partial charge in [-0.1, -0.05) is 18.7 Å². The molecule has 1 heterocycles. The molecule has 100 valence electrons. The van der Waals surface area contributed by atoms with E-state index in [0.29, 0.717) is 13.0 Å². The maximum atomic E-state index is 13.7. The molecule has 1 fully saturated rings. The van der Waals surface area contributed by atoms with Crippen LogP contribution in [0.4, 0.5) is 10.1 Å². The third-order valence-corrected chi connectivity index (χ3v) is 3.31. The van der Waals surface area contributed by atoms with Crippen LogP contribution in [0, 0.1) is 5.82 Å². The van der Waals surface area contributed by atoms with Crippen LogP contribution in [0.15, 0.2) is 36.9 Å². The molecule has 0 aromatic heterocycles. The number of halogens is 1. The van der Waals surface area contributed by atoms with Crippen molar-refractivity contribution in [2.24, 2.45) is 0 Å². The van der Waals surface area contributed by atoms with Gasteiger partial charge in [0.25, 0.3) is 0 Å². The molecule has 0 spiro atoms. The molecule has 2 rings (SSSR count). The number of hydrogen-bond acceptors (Lipinski definition) is 2. The second-order valence-electron chi connectivity index (χ2n) is 4.40. The Morgan fingerprint density at radius 1 is 1.53 bits per heavy atom. The van der Waals surface area contributed by atoms with Gasteiger partial charge in [0.05, 0.1) is 5.69 Å². The molecule has 5 heteroatoms. The summed E-state index contributed by atoms with van der Waals surface area (Å²) in [5, 5.41) is 0. The van der Waals surface area contributed by atoms with Crippen molar-refractivity contribution < 1.29 is 14.0 Å². The first-order valence-electron chi connectivity index (χ1n) is 6.01. The van der Waals surface area contributed by atoms with E-state index in [1.807, 2.05) is 0 Å². The van der Waals surface area contributed by atoms with E-state index in [1.54, 1.807) is 25.2 Å². The van der Waals surface area contributed by atoms with E-state index in [-0.39, 0.29) is 17.5 Å². The number of anilines is 1. The topological polar surface area (TPSA) is 40.6 Å². The standard InChI is InChI=1S/C14H15FN2O2/c1-3-13(18)16(2)12-8-9-17(14(12)19)11-7-5-4-6-10(11)15/h3-7,12H,1,8-9H2,2H3. The smallest absolute Gasteiger partial charge is 0.249 e. The van der Waals surface area contributed by atoms with Crippen molar-refractivity contribution in [3.05, 3.63) is 42.7 Å². The quantitative estimate of drug-likeness (QED) is 0.776. The molecule has 1 unspecified atom stereocenters. The number of nitrogens with zero attached hydrogens (tertiary/aromatic N) is 2. The number of amides is 2. The molecular weight excluding hydrogens is 247 g/mol. The number of carbonyl (C=O) groups is 2. The summed E-state index contributed by atoms with van der Waals surface area (Å²) in [6.45, 7) is 3.80. The Morgan fingerprint density at radius 2 is 2.21 bits per heavy atom. The lowest BCUT2D eigenvalue weighted by molar-refractivity contribution is -0.132. The van der Waals surface area contributed by atoms with Gasteiger partial charge < -0.3 is 9.80 Å². The summed E-state index contributed by atoms with van der Waals surface area (Å²) in [6.07, 6.45) is 1.66. The number of rotatable bonds is 3. The van der Waals surface area contributed by atoms with Gasteiger partial charge >= 0.3 is 0 Å². The van der Waals surface area contributed by atoms with E-state index in [9.17, 15) is 14.0 Å². The normalized spacial score (nSPS) is 18.5. The van der Waals surface area contributed by atoms with Crippen molar-refractivity contribution in [2.75, 3.05) is 18.5 Å². The molecule has 0 radical (unpaired) electrons. The van der Waals surface area contributed by atoms with Gasteiger partial charge in [-0.3, -0.25) is 9.59 Å². The molecule has 4 nitrogen and oxygen atoms in total. The third kappa shape index (κ3) is 2.36. The van der Waals surface area contributed by atoms with Crippen LogP contribution < -0.4 is 4.90 Å². The Kier molecular flexibility index (Phi) is 3.64. The molecule has 0 N–H and O–H groups in total. The van der Waals surface area contributed by atoms with Crippen LogP contribution in [0.5, 0.6) is 0 Å². The Bertz CT molecular complexity index is 530. The van der Waals surface area contributed by atoms with Crippen molar-refractivity contribution in [3.63, 3.8) is 0 Å². The second kappa shape index (κ2) is 5.22. The average molecular weight is 262 g/mol. The van der Waals surface area contributed by atoms with E-state index in [4.69, 9.17) is 0 Å². The van der Waals surface area contributed by atoms with Crippen LogP contribution in [0.25, 0.3) is 0 Å². The van der Waals surface area contributed by atoms with Gasteiger partial charge in [-0.2, -0.15) is 0 Å². The van der Waals surface area contributed by atoms with Crippen LogP contribution in [0.2, 0.25) is 0 Å². The Labute approximate surface area is 111 Å². The molecule has 0 aliphatic carbocycles. The zero-order valence-electron chi connectivity index (χ0n) is 10.7. The third-order valence-electron chi connectivity index (χ3n) is 3.31. The van der Waals surface area contributed by atoms with Crippen molar-refractivity contribution in [2.45, 2.75) is 12.5 Å². The monoisotopic (exact) mass is 262 g/mol. The molecule has 1 aliphatic rings. The van der Waals surface area contributed by atoms with Crippen LogP contribution in [0.1, 0.15) is 6.42 Å². The fraction of sp³-hybridized carbons (Fsp3) is 0.286. The molecule has 0 saturated carbocycles. The molecular formula is C14H15FN2O2. The van der Waals surface area contributed by atoms with Crippen molar-refractivity contribution in [1.82, 2.24) is 4.90 Å². The minimum atomic E-state index is -0.551. The van der Waals surface area contributed by atoms with Crippen molar-refractivity contribution >= 4 is 17.5 Å². The zero-order valence-corrected chi connectivity index (χ0v) is 10.7. The second-order valence-corrected chi connectivity index (χ2v) is 4.40. The Morgan fingerprint density at radius 3 is 2.84 bits per heavy atom. The van der Waals surface area contributed by atoms with Gasteiger partial charge in [0.2, 0.25) is 11.8 Å². The molecule has 1 atom stereocenters. The highest BCUT2D eigenvalue weighted by molar-refractivity contribution is 6.02. The Hall–Kier alpha value is -2.17. The number of hydrogen-bond donors (Lipinski definition) is 0. The average Bonchev–Trinajstić information content (AvgIpc) is 2.79. The number of carbonyl (C=O) groups excluding carboxylic acids is 2. The summed E-state index contributed by atoms with van der Waals surface area (Å²) in [6, 6.07) is 5.58. The van der Waals surface area contributed by atoms with Crippen LogP contribution in [-0.2, 0) is 9.59 Å². The molecule has 1 aromatic rings. The van der Waals surface area contributed by atoms with E-state index in [1.165, 1.54) is 21.9 Å². The molecule has 1 aliphatic heterocycles. The lowest BCUT2D eigenvalue weighted by Crippen LogP contribution is -2.42. The summed E-state index contributed by atoms with van der Waals surface area (Å²) in [7, 11) is 1.55. The van der Waals surface area contributed by atoms with Gasteiger partial charge in [-0.05, 0) is 24.6 Å². The predicted octanol–water partition coefficient (Wildman–Crippen LogP) is 1.58. The van der Waals surface area contributed by atoms with Crippen molar-refractivity contribution in [3.8, 4) is 0 Å². The Balaban J connectivity index is 2.21. The lowest BCUT2D eigenvalue weighted by Gasteiger charge is -2.23. The van der Waals surface area contributed by atoms with Gasteiger partial charge in [0.1, 0.15) is 11.9 Å². The SMILES string of the molecule is C=CC(=O)N(C)C1CCN(c2ccccc2F)C1=O. The first kappa shape index (κ1) is 13.3. The summed E-state index contributed by atoms with van der Waals surface area (Å²) in [5.41, 5.74) is 0.259. The first-order valence-corrected chi connectivity index (χ1v) is 6.01.